The van der Waals surface area contributed by atoms with Gasteiger partial charge in [0, 0.05) is 13.7 Å². The lowest BCUT2D eigenvalue weighted by Crippen LogP contribution is -2.51. The van der Waals surface area contributed by atoms with Crippen molar-refractivity contribution in [3.8, 4) is 0 Å². The third kappa shape index (κ3) is 5.65. The first kappa shape index (κ1) is 15.9. The first-order chi connectivity index (χ1) is 7.93. The molecule has 100 valence electrons. The smallest absolute Gasteiger partial charge is 0.328 e. The standard InChI is InChI=1S/C11H22N2O4/c1-7(2)9(11(15)17-4)13-10(14)8(12)5-6-16-3/h7-9H,5-6,12H2,1-4H3,(H,13,14). The summed E-state index contributed by atoms with van der Waals surface area (Å²) in [5.41, 5.74) is 5.65. The van der Waals surface area contributed by atoms with Gasteiger partial charge in [-0.25, -0.2) is 4.79 Å². The monoisotopic (exact) mass is 246 g/mol. The van der Waals surface area contributed by atoms with E-state index in [0.29, 0.717) is 13.0 Å². The maximum Gasteiger partial charge on any atom is 0.328 e. The molecule has 1 amide bonds. The van der Waals surface area contributed by atoms with E-state index in [2.05, 4.69) is 10.1 Å². The summed E-state index contributed by atoms with van der Waals surface area (Å²) in [4.78, 5) is 23.1. The van der Waals surface area contributed by atoms with E-state index in [4.69, 9.17) is 10.5 Å². The summed E-state index contributed by atoms with van der Waals surface area (Å²) in [7, 11) is 2.82. The van der Waals surface area contributed by atoms with Crippen LogP contribution in [0.4, 0.5) is 0 Å². The molecule has 0 aliphatic carbocycles. The first-order valence-corrected chi connectivity index (χ1v) is 5.56. The van der Waals surface area contributed by atoms with E-state index in [0.717, 1.165) is 0 Å². The van der Waals surface area contributed by atoms with Gasteiger partial charge in [0.2, 0.25) is 5.91 Å². The summed E-state index contributed by atoms with van der Waals surface area (Å²) in [5, 5.41) is 2.58. The molecule has 0 aliphatic rings. The van der Waals surface area contributed by atoms with Crippen molar-refractivity contribution in [1.29, 1.82) is 0 Å². The second kappa shape index (κ2) is 8.03. The molecular weight excluding hydrogens is 224 g/mol. The van der Waals surface area contributed by atoms with Gasteiger partial charge in [-0.3, -0.25) is 4.79 Å². The summed E-state index contributed by atoms with van der Waals surface area (Å²) in [6.07, 6.45) is 0.411. The molecule has 0 fully saturated rings. The Bertz CT molecular complexity index is 256. The number of hydrogen-bond acceptors (Lipinski definition) is 5. The molecule has 0 radical (unpaired) electrons. The molecule has 0 aromatic carbocycles. The van der Waals surface area contributed by atoms with Gasteiger partial charge in [-0.2, -0.15) is 0 Å². The zero-order valence-corrected chi connectivity index (χ0v) is 10.9. The number of carbonyl (C=O) groups is 2. The fraction of sp³-hybridized carbons (Fsp3) is 0.818. The van der Waals surface area contributed by atoms with Crippen LogP contribution in [-0.4, -0.2) is 44.8 Å². The molecule has 0 heterocycles. The van der Waals surface area contributed by atoms with Gasteiger partial charge < -0.3 is 20.5 Å². The van der Waals surface area contributed by atoms with Crippen molar-refractivity contribution in [2.75, 3.05) is 20.8 Å². The highest BCUT2D eigenvalue weighted by molar-refractivity contribution is 5.87. The van der Waals surface area contributed by atoms with Crippen molar-refractivity contribution in [3.63, 3.8) is 0 Å². The lowest BCUT2D eigenvalue weighted by Gasteiger charge is -2.21. The number of nitrogens with one attached hydrogen (secondary N) is 1. The van der Waals surface area contributed by atoms with Crippen molar-refractivity contribution in [2.24, 2.45) is 11.7 Å². The second-order valence-electron chi connectivity index (χ2n) is 4.14. The average Bonchev–Trinajstić information content (AvgIpc) is 2.31. The fourth-order valence-corrected chi connectivity index (χ4v) is 1.26. The number of hydrogen-bond donors (Lipinski definition) is 2. The number of nitrogens with two attached hydrogens (primary N) is 1. The van der Waals surface area contributed by atoms with Gasteiger partial charge >= 0.3 is 5.97 Å². The zero-order valence-electron chi connectivity index (χ0n) is 10.9. The molecule has 2 unspecified atom stereocenters. The van der Waals surface area contributed by atoms with Crippen LogP contribution in [0.25, 0.3) is 0 Å². The summed E-state index contributed by atoms with van der Waals surface area (Å²) < 4.78 is 9.45. The van der Waals surface area contributed by atoms with Gasteiger partial charge in [0.1, 0.15) is 6.04 Å². The number of rotatable bonds is 7. The number of amides is 1. The Kier molecular flexibility index (Phi) is 7.49. The summed E-state index contributed by atoms with van der Waals surface area (Å²) in [6.45, 7) is 4.05. The van der Waals surface area contributed by atoms with E-state index in [1.165, 1.54) is 14.2 Å². The predicted octanol–water partition coefficient (Wildman–Crippen LogP) is -0.336. The van der Waals surface area contributed by atoms with Crippen LogP contribution < -0.4 is 11.1 Å². The number of methoxy groups -OCH3 is 2. The zero-order chi connectivity index (χ0) is 13.4. The van der Waals surface area contributed by atoms with Crippen LogP contribution in [0.3, 0.4) is 0 Å². The van der Waals surface area contributed by atoms with E-state index < -0.39 is 18.1 Å². The average molecular weight is 246 g/mol. The van der Waals surface area contributed by atoms with Crippen molar-refractivity contribution in [2.45, 2.75) is 32.4 Å². The number of esters is 1. The van der Waals surface area contributed by atoms with Crippen LogP contribution in [0.1, 0.15) is 20.3 Å². The molecule has 6 heteroatoms. The van der Waals surface area contributed by atoms with E-state index in [-0.39, 0.29) is 11.8 Å². The Morgan fingerprint density at radius 3 is 2.29 bits per heavy atom. The van der Waals surface area contributed by atoms with Gasteiger partial charge in [0.15, 0.2) is 0 Å². The van der Waals surface area contributed by atoms with Crippen LogP contribution in [0, 0.1) is 5.92 Å². The topological polar surface area (TPSA) is 90.6 Å². The second-order valence-corrected chi connectivity index (χ2v) is 4.14. The van der Waals surface area contributed by atoms with Gasteiger partial charge in [0.25, 0.3) is 0 Å². The minimum atomic E-state index is -0.680. The molecule has 0 bridgehead atoms. The van der Waals surface area contributed by atoms with Gasteiger partial charge in [0.05, 0.1) is 13.2 Å². The van der Waals surface area contributed by atoms with Crippen molar-refractivity contribution in [3.05, 3.63) is 0 Å². The highest BCUT2D eigenvalue weighted by Gasteiger charge is 2.26. The molecule has 0 aromatic heterocycles. The minimum Gasteiger partial charge on any atom is -0.467 e. The third-order valence-electron chi connectivity index (χ3n) is 2.39. The molecule has 0 spiro atoms. The van der Waals surface area contributed by atoms with Crippen LogP contribution in [0.2, 0.25) is 0 Å². The predicted molar refractivity (Wildman–Crippen MR) is 63.3 cm³/mol. The fourth-order valence-electron chi connectivity index (χ4n) is 1.26. The molecule has 0 rings (SSSR count). The lowest BCUT2D eigenvalue weighted by atomic mass is 10.0. The van der Waals surface area contributed by atoms with Crippen LogP contribution in [0.5, 0.6) is 0 Å². The van der Waals surface area contributed by atoms with Gasteiger partial charge in [-0.15, -0.1) is 0 Å². The summed E-state index contributed by atoms with van der Waals surface area (Å²) in [5.74, 6) is -0.889. The largest absolute Gasteiger partial charge is 0.467 e. The first-order valence-electron chi connectivity index (χ1n) is 5.56. The van der Waals surface area contributed by atoms with Gasteiger partial charge in [-0.1, -0.05) is 13.8 Å². The Morgan fingerprint density at radius 1 is 1.29 bits per heavy atom. The Hall–Kier alpha value is -1.14. The molecule has 17 heavy (non-hydrogen) atoms. The maximum absolute atomic E-state index is 11.7. The molecule has 0 saturated carbocycles. The minimum absolute atomic E-state index is 0.0546. The number of carbonyl (C=O) groups excluding carboxylic acids is 2. The normalized spacial score (nSPS) is 14.2. The maximum atomic E-state index is 11.7. The lowest BCUT2D eigenvalue weighted by molar-refractivity contribution is -0.146. The van der Waals surface area contributed by atoms with Crippen LogP contribution in [0.15, 0.2) is 0 Å². The van der Waals surface area contributed by atoms with Crippen molar-refractivity contribution < 1.29 is 19.1 Å². The number of ether oxygens (including phenoxy) is 2. The van der Waals surface area contributed by atoms with Crippen LogP contribution >= 0.6 is 0 Å². The third-order valence-corrected chi connectivity index (χ3v) is 2.39. The Balaban J connectivity index is 4.35. The van der Waals surface area contributed by atoms with E-state index in [1.807, 2.05) is 13.8 Å². The molecule has 0 saturated heterocycles. The van der Waals surface area contributed by atoms with E-state index in [1.54, 1.807) is 0 Å². The summed E-state index contributed by atoms with van der Waals surface area (Å²) in [6, 6.07) is -1.35. The quantitative estimate of drug-likeness (QED) is 0.600. The Morgan fingerprint density at radius 2 is 1.88 bits per heavy atom. The molecule has 6 nitrogen and oxygen atoms in total. The SMILES string of the molecule is COCCC(N)C(=O)NC(C(=O)OC)C(C)C. The van der Waals surface area contributed by atoms with Crippen molar-refractivity contribution >= 4 is 11.9 Å². The van der Waals surface area contributed by atoms with Crippen LogP contribution in [-0.2, 0) is 19.1 Å². The van der Waals surface area contributed by atoms with Gasteiger partial charge in [-0.05, 0) is 12.3 Å². The molecule has 0 aliphatic heterocycles. The molecule has 2 atom stereocenters. The van der Waals surface area contributed by atoms with E-state index >= 15 is 0 Å². The van der Waals surface area contributed by atoms with E-state index in [9.17, 15) is 9.59 Å². The molecule has 3 N–H and O–H groups in total. The molecular formula is C11H22N2O4. The van der Waals surface area contributed by atoms with Crippen molar-refractivity contribution in [1.82, 2.24) is 5.32 Å². The highest BCUT2D eigenvalue weighted by atomic mass is 16.5. The Labute approximate surface area is 102 Å². The molecule has 0 aromatic rings. The summed E-state index contributed by atoms with van der Waals surface area (Å²) >= 11 is 0. The highest BCUT2D eigenvalue weighted by Crippen LogP contribution is 2.04.